The van der Waals surface area contributed by atoms with Crippen molar-refractivity contribution in [3.05, 3.63) is 0 Å². The van der Waals surface area contributed by atoms with E-state index in [1.54, 1.807) is 14.2 Å². The smallest absolute Gasteiger partial charge is 0.190 e. The van der Waals surface area contributed by atoms with Gasteiger partial charge in [0.2, 0.25) is 0 Å². The van der Waals surface area contributed by atoms with E-state index >= 15 is 0 Å². The van der Waals surface area contributed by atoms with Gasteiger partial charge in [0.05, 0.1) is 6.61 Å². The number of hydrogen-bond donors (Lipinski definition) is 2. The van der Waals surface area contributed by atoms with E-state index in [-0.39, 0.29) is 24.0 Å². The third kappa shape index (κ3) is 12.4. The SMILES string of the molecule is CCCNC(=NC)NCCCN(C)CCOC.I. The van der Waals surface area contributed by atoms with Crippen LogP contribution in [0.5, 0.6) is 0 Å². The summed E-state index contributed by atoms with van der Waals surface area (Å²) in [7, 11) is 5.65. The summed E-state index contributed by atoms with van der Waals surface area (Å²) in [5.41, 5.74) is 0. The molecule has 0 saturated heterocycles. The van der Waals surface area contributed by atoms with Crippen molar-refractivity contribution in [1.82, 2.24) is 15.5 Å². The van der Waals surface area contributed by atoms with Crippen molar-refractivity contribution >= 4 is 29.9 Å². The second-order valence-corrected chi connectivity index (χ2v) is 4.08. The molecule has 0 aromatic carbocycles. The van der Waals surface area contributed by atoms with Crippen molar-refractivity contribution in [1.29, 1.82) is 0 Å². The van der Waals surface area contributed by atoms with Gasteiger partial charge in [0.25, 0.3) is 0 Å². The number of rotatable bonds is 9. The van der Waals surface area contributed by atoms with Gasteiger partial charge >= 0.3 is 0 Å². The maximum absolute atomic E-state index is 5.03. The monoisotopic (exact) mass is 372 g/mol. The second kappa shape index (κ2) is 15.0. The number of nitrogens with zero attached hydrogens (tertiary/aromatic N) is 2. The zero-order valence-corrected chi connectivity index (χ0v) is 14.5. The van der Waals surface area contributed by atoms with E-state index in [0.717, 1.165) is 51.6 Å². The molecule has 0 aliphatic heterocycles. The van der Waals surface area contributed by atoms with Gasteiger partial charge in [0.15, 0.2) is 5.96 Å². The highest BCUT2D eigenvalue weighted by molar-refractivity contribution is 14.0. The van der Waals surface area contributed by atoms with Gasteiger partial charge in [0, 0.05) is 33.8 Å². The third-order valence-corrected chi connectivity index (χ3v) is 2.45. The van der Waals surface area contributed by atoms with E-state index in [0.29, 0.717) is 0 Å². The largest absolute Gasteiger partial charge is 0.383 e. The van der Waals surface area contributed by atoms with Crippen LogP contribution in [0, 0.1) is 0 Å². The van der Waals surface area contributed by atoms with Crippen LogP contribution < -0.4 is 10.6 Å². The normalized spacial score (nSPS) is 11.3. The summed E-state index contributed by atoms with van der Waals surface area (Å²) in [6.07, 6.45) is 2.22. The Balaban J connectivity index is 0. The first-order valence-corrected chi connectivity index (χ1v) is 6.36. The fraction of sp³-hybridized carbons (Fsp3) is 0.917. The van der Waals surface area contributed by atoms with Crippen molar-refractivity contribution in [2.75, 3.05) is 54.0 Å². The molecule has 0 radical (unpaired) electrons. The first-order chi connectivity index (χ1) is 8.24. The number of methoxy groups -OCH3 is 1. The summed E-state index contributed by atoms with van der Waals surface area (Å²) in [5, 5.41) is 6.54. The van der Waals surface area contributed by atoms with Crippen LogP contribution in [0.4, 0.5) is 0 Å². The average Bonchev–Trinajstić information content (AvgIpc) is 2.35. The van der Waals surface area contributed by atoms with Crippen LogP contribution in [0.1, 0.15) is 19.8 Å². The molecule has 110 valence electrons. The minimum Gasteiger partial charge on any atom is -0.383 e. The van der Waals surface area contributed by atoms with E-state index in [4.69, 9.17) is 4.74 Å². The van der Waals surface area contributed by atoms with Crippen molar-refractivity contribution in [3.63, 3.8) is 0 Å². The zero-order valence-electron chi connectivity index (χ0n) is 12.2. The Morgan fingerprint density at radius 1 is 1.22 bits per heavy atom. The van der Waals surface area contributed by atoms with E-state index < -0.39 is 0 Å². The first-order valence-electron chi connectivity index (χ1n) is 6.36. The Bertz CT molecular complexity index is 203. The molecule has 0 heterocycles. The van der Waals surface area contributed by atoms with Crippen molar-refractivity contribution < 1.29 is 4.74 Å². The summed E-state index contributed by atoms with van der Waals surface area (Å²) < 4.78 is 5.03. The Morgan fingerprint density at radius 2 is 1.89 bits per heavy atom. The van der Waals surface area contributed by atoms with Gasteiger partial charge in [-0.05, 0) is 26.4 Å². The van der Waals surface area contributed by atoms with E-state index in [1.165, 1.54) is 0 Å². The second-order valence-electron chi connectivity index (χ2n) is 4.08. The van der Waals surface area contributed by atoms with Gasteiger partial charge in [-0.25, -0.2) is 0 Å². The van der Waals surface area contributed by atoms with Crippen LogP contribution in [0.2, 0.25) is 0 Å². The lowest BCUT2D eigenvalue weighted by Crippen LogP contribution is -2.39. The van der Waals surface area contributed by atoms with Gasteiger partial charge < -0.3 is 20.3 Å². The van der Waals surface area contributed by atoms with Gasteiger partial charge in [-0.2, -0.15) is 0 Å². The predicted octanol–water partition coefficient (Wildman–Crippen LogP) is 1.15. The molecule has 0 saturated carbocycles. The van der Waals surface area contributed by atoms with Crippen LogP contribution >= 0.6 is 24.0 Å². The molecule has 2 N–H and O–H groups in total. The number of ether oxygens (including phenoxy) is 1. The molecule has 0 aliphatic carbocycles. The summed E-state index contributed by atoms with van der Waals surface area (Å²) in [4.78, 5) is 6.42. The Kier molecular flexibility index (Phi) is 16.8. The summed E-state index contributed by atoms with van der Waals surface area (Å²) >= 11 is 0. The molecule has 0 fully saturated rings. The standard InChI is InChI=1S/C12H28N4O.HI/c1-5-7-14-12(13-2)15-8-6-9-16(3)10-11-17-4;/h5-11H2,1-4H3,(H2,13,14,15);1H. The highest BCUT2D eigenvalue weighted by Gasteiger charge is 1.98. The number of guanidine groups is 1. The quantitative estimate of drug-likeness (QED) is 0.276. The molecule has 0 unspecified atom stereocenters. The highest BCUT2D eigenvalue weighted by atomic mass is 127. The molecule has 6 heteroatoms. The molecule has 5 nitrogen and oxygen atoms in total. The number of aliphatic imine (C=N–C) groups is 1. The number of halogens is 1. The van der Waals surface area contributed by atoms with Crippen molar-refractivity contribution in [2.45, 2.75) is 19.8 Å². The molecule has 0 amide bonds. The minimum atomic E-state index is 0. The van der Waals surface area contributed by atoms with E-state index in [2.05, 4.69) is 34.5 Å². The van der Waals surface area contributed by atoms with Crippen LogP contribution in [-0.4, -0.2) is 64.9 Å². The number of nitrogens with one attached hydrogen (secondary N) is 2. The van der Waals surface area contributed by atoms with E-state index in [9.17, 15) is 0 Å². The molecule has 0 spiro atoms. The lowest BCUT2D eigenvalue weighted by molar-refractivity contribution is 0.161. The highest BCUT2D eigenvalue weighted by Crippen LogP contribution is 1.86. The maximum Gasteiger partial charge on any atom is 0.190 e. The molecule has 0 atom stereocenters. The minimum absolute atomic E-state index is 0. The van der Waals surface area contributed by atoms with Crippen molar-refractivity contribution in [3.8, 4) is 0 Å². The lowest BCUT2D eigenvalue weighted by atomic mass is 10.4. The first kappa shape index (κ1) is 20.2. The van der Waals surface area contributed by atoms with Gasteiger partial charge in [-0.15, -0.1) is 24.0 Å². The Hall–Kier alpha value is -0.0800. The molecule has 0 aliphatic rings. The lowest BCUT2D eigenvalue weighted by Gasteiger charge is -2.16. The number of likely N-dealkylation sites (N-methyl/N-ethyl adjacent to an activating group) is 1. The van der Waals surface area contributed by atoms with Gasteiger partial charge in [0.1, 0.15) is 0 Å². The summed E-state index contributed by atoms with van der Waals surface area (Å²) in [6, 6.07) is 0. The predicted molar refractivity (Wildman–Crippen MR) is 89.1 cm³/mol. The van der Waals surface area contributed by atoms with Crippen LogP contribution in [-0.2, 0) is 4.74 Å². The van der Waals surface area contributed by atoms with Crippen LogP contribution in [0.3, 0.4) is 0 Å². The zero-order chi connectivity index (χ0) is 12.9. The fourth-order valence-corrected chi connectivity index (χ4v) is 1.38. The molecule has 18 heavy (non-hydrogen) atoms. The topological polar surface area (TPSA) is 48.9 Å². The van der Waals surface area contributed by atoms with Gasteiger partial charge in [-0.3, -0.25) is 4.99 Å². The maximum atomic E-state index is 5.03. The summed E-state index contributed by atoms with van der Waals surface area (Å²) in [6.45, 7) is 6.91. The third-order valence-electron chi connectivity index (χ3n) is 2.45. The number of hydrogen-bond acceptors (Lipinski definition) is 3. The van der Waals surface area contributed by atoms with Crippen molar-refractivity contribution in [2.24, 2.45) is 4.99 Å². The van der Waals surface area contributed by atoms with E-state index in [1.807, 2.05) is 0 Å². The summed E-state index contributed by atoms with van der Waals surface area (Å²) in [5.74, 6) is 0.895. The molecular weight excluding hydrogens is 343 g/mol. The average molecular weight is 372 g/mol. The Labute approximate surface area is 129 Å². The molecular formula is C12H29IN4O. The van der Waals surface area contributed by atoms with Crippen LogP contribution in [0.15, 0.2) is 4.99 Å². The van der Waals surface area contributed by atoms with Gasteiger partial charge in [-0.1, -0.05) is 6.92 Å². The fourth-order valence-electron chi connectivity index (χ4n) is 1.38. The van der Waals surface area contributed by atoms with Crippen LogP contribution in [0.25, 0.3) is 0 Å². The molecule has 0 bridgehead atoms. The Morgan fingerprint density at radius 3 is 2.44 bits per heavy atom. The molecule has 0 aromatic rings. The molecule has 0 rings (SSSR count). The molecule has 0 aromatic heterocycles.